The number of carbonyl (C=O) groups is 1. The number of hydrogen-bond donors (Lipinski definition) is 2. The summed E-state index contributed by atoms with van der Waals surface area (Å²) in [7, 11) is 0. The van der Waals surface area contributed by atoms with E-state index in [4.69, 9.17) is 16.2 Å². The van der Waals surface area contributed by atoms with E-state index in [1.165, 1.54) is 0 Å². The smallest absolute Gasteiger partial charge is 0.234 e. The summed E-state index contributed by atoms with van der Waals surface area (Å²) in [4.78, 5) is 13.3. The quantitative estimate of drug-likeness (QED) is 0.627. The van der Waals surface area contributed by atoms with E-state index in [0.717, 1.165) is 32.4 Å². The van der Waals surface area contributed by atoms with Crippen molar-refractivity contribution in [2.45, 2.75) is 38.3 Å². The van der Waals surface area contributed by atoms with Gasteiger partial charge >= 0.3 is 0 Å². The number of likely N-dealkylation sites (tertiary alicyclic amines) is 1. The summed E-state index contributed by atoms with van der Waals surface area (Å²) in [5, 5.41) is 0. The van der Waals surface area contributed by atoms with Crippen molar-refractivity contribution in [3.05, 3.63) is 0 Å². The van der Waals surface area contributed by atoms with Gasteiger partial charge in [0.25, 0.3) is 0 Å². The average molecular weight is 229 g/mol. The molecule has 94 valence electrons. The van der Waals surface area contributed by atoms with Gasteiger partial charge in [0.15, 0.2) is 0 Å². The minimum Gasteiger partial charge on any atom is -0.377 e. The lowest BCUT2D eigenvalue weighted by Crippen LogP contribution is -2.42. The van der Waals surface area contributed by atoms with Gasteiger partial charge in [-0.3, -0.25) is 9.69 Å². The number of amides is 1. The summed E-state index contributed by atoms with van der Waals surface area (Å²) >= 11 is 0. The van der Waals surface area contributed by atoms with E-state index in [2.05, 4.69) is 4.90 Å². The van der Waals surface area contributed by atoms with Crippen LogP contribution in [0.25, 0.3) is 0 Å². The van der Waals surface area contributed by atoms with Gasteiger partial charge in [-0.25, -0.2) is 0 Å². The highest BCUT2D eigenvalue weighted by molar-refractivity contribution is 5.80. The van der Waals surface area contributed by atoms with Gasteiger partial charge in [0.05, 0.1) is 12.1 Å². The summed E-state index contributed by atoms with van der Waals surface area (Å²) in [6.45, 7) is 4.97. The zero-order chi connectivity index (χ0) is 12.0. The van der Waals surface area contributed by atoms with Crippen molar-refractivity contribution >= 4 is 5.91 Å². The fourth-order valence-corrected chi connectivity index (χ4v) is 2.23. The molecule has 0 bridgehead atoms. The molecule has 1 saturated heterocycles. The number of nitrogens with zero attached hydrogens (tertiary/aromatic N) is 1. The van der Waals surface area contributed by atoms with E-state index in [1.807, 2.05) is 6.92 Å². The van der Waals surface area contributed by atoms with Crippen LogP contribution in [0.5, 0.6) is 0 Å². The van der Waals surface area contributed by atoms with Crippen LogP contribution in [0.15, 0.2) is 0 Å². The minimum absolute atomic E-state index is 0.0833. The molecule has 5 heteroatoms. The lowest BCUT2D eigenvalue weighted by Gasteiger charge is -2.24. The van der Waals surface area contributed by atoms with Gasteiger partial charge in [0, 0.05) is 19.7 Å². The van der Waals surface area contributed by atoms with Crippen LogP contribution in [0.3, 0.4) is 0 Å². The SMILES string of the molecule is CCOC(CN)CCN1CCCC1C(N)=O. The third-order valence-corrected chi connectivity index (χ3v) is 3.10. The Morgan fingerprint density at radius 1 is 1.62 bits per heavy atom. The standard InChI is InChI=1S/C11H23N3O2/c1-2-16-9(8-12)5-7-14-6-3-4-10(14)11(13)15/h9-10H,2-8,12H2,1H3,(H2,13,15). The number of hydrogen-bond acceptors (Lipinski definition) is 4. The number of carbonyl (C=O) groups excluding carboxylic acids is 1. The van der Waals surface area contributed by atoms with E-state index < -0.39 is 0 Å². The van der Waals surface area contributed by atoms with Gasteiger partial charge < -0.3 is 16.2 Å². The lowest BCUT2D eigenvalue weighted by atomic mass is 10.2. The highest BCUT2D eigenvalue weighted by Gasteiger charge is 2.28. The second kappa shape index (κ2) is 6.83. The van der Waals surface area contributed by atoms with Gasteiger partial charge in [0.2, 0.25) is 5.91 Å². The topological polar surface area (TPSA) is 81.6 Å². The predicted octanol–water partition coefficient (Wildman–Crippen LogP) is -0.310. The summed E-state index contributed by atoms with van der Waals surface area (Å²) < 4.78 is 5.48. The number of primary amides is 1. The monoisotopic (exact) mass is 229 g/mol. The maximum absolute atomic E-state index is 11.2. The molecule has 2 atom stereocenters. The normalized spacial score (nSPS) is 23.5. The fraction of sp³-hybridized carbons (Fsp3) is 0.909. The zero-order valence-corrected chi connectivity index (χ0v) is 10.0. The van der Waals surface area contributed by atoms with Gasteiger partial charge in [-0.2, -0.15) is 0 Å². The van der Waals surface area contributed by atoms with Crippen LogP contribution in [0.1, 0.15) is 26.2 Å². The van der Waals surface area contributed by atoms with Crippen molar-refractivity contribution < 1.29 is 9.53 Å². The van der Waals surface area contributed by atoms with Crippen molar-refractivity contribution in [3.8, 4) is 0 Å². The second-order valence-electron chi connectivity index (χ2n) is 4.20. The number of nitrogens with two attached hydrogens (primary N) is 2. The largest absolute Gasteiger partial charge is 0.377 e. The van der Waals surface area contributed by atoms with Gasteiger partial charge in [-0.15, -0.1) is 0 Å². The molecule has 0 aliphatic carbocycles. The molecule has 0 saturated carbocycles. The van der Waals surface area contributed by atoms with Crippen molar-refractivity contribution in [2.24, 2.45) is 11.5 Å². The van der Waals surface area contributed by atoms with Crippen LogP contribution >= 0.6 is 0 Å². The Hall–Kier alpha value is -0.650. The van der Waals surface area contributed by atoms with Gasteiger partial charge in [-0.1, -0.05) is 0 Å². The molecule has 5 nitrogen and oxygen atoms in total. The van der Waals surface area contributed by atoms with Crippen molar-refractivity contribution in [1.29, 1.82) is 0 Å². The van der Waals surface area contributed by atoms with Crippen LogP contribution in [-0.4, -0.2) is 49.2 Å². The Labute approximate surface area is 97.1 Å². The van der Waals surface area contributed by atoms with E-state index in [0.29, 0.717) is 13.2 Å². The highest BCUT2D eigenvalue weighted by atomic mass is 16.5. The van der Waals surface area contributed by atoms with Crippen LogP contribution in [0, 0.1) is 0 Å². The molecule has 1 amide bonds. The van der Waals surface area contributed by atoms with Crippen LogP contribution in [0.4, 0.5) is 0 Å². The highest BCUT2D eigenvalue weighted by Crippen LogP contribution is 2.17. The Morgan fingerprint density at radius 3 is 2.94 bits per heavy atom. The minimum atomic E-state index is -0.210. The fourth-order valence-electron chi connectivity index (χ4n) is 2.23. The van der Waals surface area contributed by atoms with Crippen molar-refractivity contribution in [1.82, 2.24) is 4.90 Å². The van der Waals surface area contributed by atoms with E-state index >= 15 is 0 Å². The summed E-state index contributed by atoms with van der Waals surface area (Å²) in [5.41, 5.74) is 11.0. The maximum atomic E-state index is 11.2. The molecule has 0 spiro atoms. The molecule has 1 rings (SSSR count). The average Bonchev–Trinajstić information content (AvgIpc) is 2.72. The molecule has 1 aliphatic rings. The molecule has 0 aromatic heterocycles. The first-order valence-electron chi connectivity index (χ1n) is 6.04. The maximum Gasteiger partial charge on any atom is 0.234 e. The Morgan fingerprint density at radius 2 is 2.38 bits per heavy atom. The third-order valence-electron chi connectivity index (χ3n) is 3.10. The molecule has 0 radical (unpaired) electrons. The molecule has 4 N–H and O–H groups in total. The van der Waals surface area contributed by atoms with E-state index in [9.17, 15) is 4.79 Å². The summed E-state index contributed by atoms with van der Waals surface area (Å²) in [5.74, 6) is -0.210. The molecular formula is C11H23N3O2. The Balaban J connectivity index is 2.33. The van der Waals surface area contributed by atoms with Crippen molar-refractivity contribution in [3.63, 3.8) is 0 Å². The molecule has 1 heterocycles. The van der Waals surface area contributed by atoms with Crippen molar-refractivity contribution in [2.75, 3.05) is 26.2 Å². The molecule has 2 unspecified atom stereocenters. The molecule has 16 heavy (non-hydrogen) atoms. The zero-order valence-electron chi connectivity index (χ0n) is 10.0. The molecule has 0 aromatic rings. The predicted molar refractivity (Wildman–Crippen MR) is 62.9 cm³/mol. The van der Waals surface area contributed by atoms with E-state index in [1.54, 1.807) is 0 Å². The molecule has 1 aliphatic heterocycles. The summed E-state index contributed by atoms with van der Waals surface area (Å²) in [6, 6.07) is -0.0833. The molecular weight excluding hydrogens is 206 g/mol. The van der Waals surface area contributed by atoms with Crippen LogP contribution in [-0.2, 0) is 9.53 Å². The third kappa shape index (κ3) is 3.73. The molecule has 0 aromatic carbocycles. The Bertz CT molecular complexity index is 223. The first kappa shape index (κ1) is 13.4. The second-order valence-corrected chi connectivity index (χ2v) is 4.20. The first-order chi connectivity index (χ1) is 7.69. The van der Waals surface area contributed by atoms with Gasteiger partial charge in [-0.05, 0) is 32.7 Å². The van der Waals surface area contributed by atoms with Gasteiger partial charge in [0.1, 0.15) is 0 Å². The van der Waals surface area contributed by atoms with Crippen LogP contribution in [0.2, 0.25) is 0 Å². The first-order valence-corrected chi connectivity index (χ1v) is 6.04. The number of ether oxygens (including phenoxy) is 1. The van der Waals surface area contributed by atoms with Crippen LogP contribution < -0.4 is 11.5 Å². The summed E-state index contributed by atoms with van der Waals surface area (Å²) in [6.07, 6.45) is 2.90. The lowest BCUT2D eigenvalue weighted by molar-refractivity contribution is -0.122. The molecule has 1 fully saturated rings. The van der Waals surface area contributed by atoms with E-state index in [-0.39, 0.29) is 18.1 Å². The number of rotatable bonds is 7. The Kier molecular flexibility index (Phi) is 5.73.